The number of benzene rings is 1. The SMILES string of the molecule is Cn1ccsc1=NC(=O)c1cnn(Cc2ccccc2)c1. The fraction of sp³-hybridized carbons (Fsp3) is 0.133. The van der Waals surface area contributed by atoms with E-state index < -0.39 is 0 Å². The summed E-state index contributed by atoms with van der Waals surface area (Å²) in [6, 6.07) is 9.99. The zero-order valence-corrected chi connectivity index (χ0v) is 12.3. The molecule has 1 amide bonds. The normalized spacial score (nSPS) is 11.8. The van der Waals surface area contributed by atoms with Gasteiger partial charge in [-0.1, -0.05) is 30.3 Å². The van der Waals surface area contributed by atoms with Crippen molar-refractivity contribution in [3.8, 4) is 0 Å². The quantitative estimate of drug-likeness (QED) is 0.743. The highest BCUT2D eigenvalue weighted by molar-refractivity contribution is 7.07. The second-order valence-corrected chi connectivity index (χ2v) is 5.50. The minimum atomic E-state index is -0.271. The number of carbonyl (C=O) groups is 1. The monoisotopic (exact) mass is 298 g/mol. The van der Waals surface area contributed by atoms with Crippen molar-refractivity contribution in [1.82, 2.24) is 14.3 Å². The van der Waals surface area contributed by atoms with Crippen LogP contribution in [0.2, 0.25) is 0 Å². The Morgan fingerprint density at radius 1 is 1.33 bits per heavy atom. The van der Waals surface area contributed by atoms with E-state index in [1.54, 1.807) is 17.1 Å². The first-order valence-electron chi connectivity index (χ1n) is 6.48. The fourth-order valence-electron chi connectivity index (χ4n) is 1.92. The molecule has 2 heterocycles. The second-order valence-electron chi connectivity index (χ2n) is 4.63. The number of amides is 1. The Hall–Kier alpha value is -2.47. The maximum Gasteiger partial charge on any atom is 0.282 e. The molecule has 3 rings (SSSR count). The number of carbonyl (C=O) groups excluding carboxylic acids is 1. The Kier molecular flexibility index (Phi) is 3.79. The van der Waals surface area contributed by atoms with Gasteiger partial charge in [0.1, 0.15) is 0 Å². The molecule has 0 aliphatic rings. The number of rotatable bonds is 3. The van der Waals surface area contributed by atoms with Crippen LogP contribution in [0.3, 0.4) is 0 Å². The first kappa shape index (κ1) is 13.5. The molecule has 0 saturated heterocycles. The Bertz CT molecular complexity index is 813. The summed E-state index contributed by atoms with van der Waals surface area (Å²) in [7, 11) is 1.86. The zero-order chi connectivity index (χ0) is 14.7. The summed E-state index contributed by atoms with van der Waals surface area (Å²) >= 11 is 1.43. The maximum atomic E-state index is 12.1. The highest BCUT2D eigenvalue weighted by Crippen LogP contribution is 2.05. The average Bonchev–Trinajstić information content (AvgIpc) is 3.10. The first-order chi connectivity index (χ1) is 10.2. The van der Waals surface area contributed by atoms with Crippen LogP contribution in [0.1, 0.15) is 15.9 Å². The fourth-order valence-corrected chi connectivity index (χ4v) is 2.64. The van der Waals surface area contributed by atoms with Gasteiger partial charge in [0, 0.05) is 24.8 Å². The Morgan fingerprint density at radius 3 is 2.86 bits per heavy atom. The molecule has 0 radical (unpaired) electrons. The molecule has 6 heteroatoms. The number of hydrogen-bond donors (Lipinski definition) is 0. The Labute approximate surface area is 125 Å². The van der Waals surface area contributed by atoms with Crippen LogP contribution in [0, 0.1) is 0 Å². The molecule has 106 valence electrons. The predicted molar refractivity (Wildman–Crippen MR) is 81.0 cm³/mol. The van der Waals surface area contributed by atoms with Crippen LogP contribution in [0.25, 0.3) is 0 Å². The molecule has 5 nitrogen and oxygen atoms in total. The van der Waals surface area contributed by atoms with Crippen molar-refractivity contribution >= 4 is 17.2 Å². The van der Waals surface area contributed by atoms with Gasteiger partial charge in [0.2, 0.25) is 0 Å². The number of thiazole rings is 1. The van der Waals surface area contributed by atoms with Crippen molar-refractivity contribution in [3.63, 3.8) is 0 Å². The van der Waals surface area contributed by atoms with Gasteiger partial charge in [-0.3, -0.25) is 9.48 Å². The summed E-state index contributed by atoms with van der Waals surface area (Å²) in [5, 5.41) is 6.11. The maximum absolute atomic E-state index is 12.1. The summed E-state index contributed by atoms with van der Waals surface area (Å²) in [5.74, 6) is -0.271. The van der Waals surface area contributed by atoms with Gasteiger partial charge in [0.15, 0.2) is 4.80 Å². The number of hydrogen-bond acceptors (Lipinski definition) is 3. The summed E-state index contributed by atoms with van der Waals surface area (Å²) in [4.78, 5) is 16.9. The second kappa shape index (κ2) is 5.88. The highest BCUT2D eigenvalue weighted by atomic mass is 32.1. The molecule has 2 aromatic heterocycles. The van der Waals surface area contributed by atoms with E-state index >= 15 is 0 Å². The van der Waals surface area contributed by atoms with Gasteiger partial charge in [-0.05, 0) is 5.56 Å². The highest BCUT2D eigenvalue weighted by Gasteiger charge is 2.08. The molecule has 0 unspecified atom stereocenters. The molecule has 1 aromatic carbocycles. The third kappa shape index (κ3) is 3.17. The molecule has 0 spiro atoms. The molecule has 21 heavy (non-hydrogen) atoms. The number of nitrogens with zero attached hydrogens (tertiary/aromatic N) is 4. The van der Waals surface area contributed by atoms with E-state index in [1.807, 2.05) is 53.5 Å². The van der Waals surface area contributed by atoms with Gasteiger partial charge in [-0.15, -0.1) is 11.3 Å². The summed E-state index contributed by atoms with van der Waals surface area (Å²) in [6.45, 7) is 0.640. The van der Waals surface area contributed by atoms with Crippen molar-refractivity contribution in [2.24, 2.45) is 12.0 Å². The lowest BCUT2D eigenvalue weighted by Gasteiger charge is -2.00. The standard InChI is InChI=1S/C15H14N4OS/c1-18-7-8-21-15(18)17-14(20)13-9-16-19(11-13)10-12-5-3-2-4-6-12/h2-9,11H,10H2,1H3. The van der Waals surface area contributed by atoms with Crippen LogP contribution in [0.5, 0.6) is 0 Å². The predicted octanol–water partition coefficient (Wildman–Crippen LogP) is 2.07. The smallest absolute Gasteiger partial charge is 0.282 e. The van der Waals surface area contributed by atoms with Crippen molar-refractivity contribution in [3.05, 3.63) is 70.2 Å². The van der Waals surface area contributed by atoms with Crippen molar-refractivity contribution in [2.45, 2.75) is 6.54 Å². The molecule has 3 aromatic rings. The minimum Gasteiger partial charge on any atom is -0.327 e. The van der Waals surface area contributed by atoms with Crippen LogP contribution >= 0.6 is 11.3 Å². The van der Waals surface area contributed by atoms with Crippen LogP contribution < -0.4 is 4.80 Å². The van der Waals surface area contributed by atoms with E-state index in [0.717, 1.165) is 5.56 Å². The van der Waals surface area contributed by atoms with Crippen molar-refractivity contribution in [2.75, 3.05) is 0 Å². The molecule has 0 bridgehead atoms. The van der Waals surface area contributed by atoms with E-state index in [1.165, 1.54) is 11.3 Å². The third-order valence-electron chi connectivity index (χ3n) is 3.02. The Balaban J connectivity index is 1.79. The van der Waals surface area contributed by atoms with Crippen molar-refractivity contribution < 1.29 is 4.79 Å². The van der Waals surface area contributed by atoms with E-state index in [-0.39, 0.29) is 5.91 Å². The lowest BCUT2D eigenvalue weighted by molar-refractivity contribution is 0.0998. The van der Waals surface area contributed by atoms with Crippen LogP contribution in [0.4, 0.5) is 0 Å². The largest absolute Gasteiger partial charge is 0.327 e. The van der Waals surface area contributed by atoms with E-state index in [2.05, 4.69) is 10.1 Å². The summed E-state index contributed by atoms with van der Waals surface area (Å²) < 4.78 is 3.56. The van der Waals surface area contributed by atoms with Gasteiger partial charge in [0.05, 0.1) is 18.3 Å². The topological polar surface area (TPSA) is 52.2 Å². The van der Waals surface area contributed by atoms with Crippen LogP contribution in [-0.2, 0) is 13.6 Å². The number of aryl methyl sites for hydroxylation is 1. The Morgan fingerprint density at radius 2 is 2.14 bits per heavy atom. The lowest BCUT2D eigenvalue weighted by Crippen LogP contribution is -2.12. The molecule has 0 saturated carbocycles. The molecule has 0 fully saturated rings. The van der Waals surface area contributed by atoms with E-state index in [0.29, 0.717) is 16.9 Å². The van der Waals surface area contributed by atoms with Gasteiger partial charge >= 0.3 is 0 Å². The molecule has 0 N–H and O–H groups in total. The summed E-state index contributed by atoms with van der Waals surface area (Å²) in [5.41, 5.74) is 1.64. The van der Waals surface area contributed by atoms with Gasteiger partial charge in [-0.2, -0.15) is 10.1 Å². The third-order valence-corrected chi connectivity index (χ3v) is 3.87. The molecular weight excluding hydrogens is 284 g/mol. The molecular formula is C15H14N4OS. The van der Waals surface area contributed by atoms with Crippen LogP contribution in [-0.4, -0.2) is 20.3 Å². The van der Waals surface area contributed by atoms with Gasteiger partial charge in [0.25, 0.3) is 5.91 Å². The minimum absolute atomic E-state index is 0.271. The van der Waals surface area contributed by atoms with Crippen LogP contribution in [0.15, 0.2) is 59.3 Å². The van der Waals surface area contributed by atoms with Gasteiger partial charge in [-0.25, -0.2) is 0 Å². The average molecular weight is 298 g/mol. The molecule has 0 aliphatic heterocycles. The number of aromatic nitrogens is 3. The molecule has 0 atom stereocenters. The lowest BCUT2D eigenvalue weighted by atomic mass is 10.2. The molecule has 0 aliphatic carbocycles. The van der Waals surface area contributed by atoms with E-state index in [9.17, 15) is 4.79 Å². The van der Waals surface area contributed by atoms with Crippen molar-refractivity contribution in [1.29, 1.82) is 0 Å². The van der Waals surface area contributed by atoms with Gasteiger partial charge < -0.3 is 4.57 Å². The van der Waals surface area contributed by atoms with E-state index in [4.69, 9.17) is 0 Å². The zero-order valence-electron chi connectivity index (χ0n) is 11.5. The first-order valence-corrected chi connectivity index (χ1v) is 7.36. The summed E-state index contributed by atoms with van der Waals surface area (Å²) in [6.07, 6.45) is 5.16.